The normalized spacial score (nSPS) is 30.8. The molecule has 2 rings (SSSR count). The number of likely N-dealkylation sites (tertiary alicyclic amines) is 1. The van der Waals surface area contributed by atoms with Gasteiger partial charge in [0, 0.05) is 25.7 Å². The summed E-state index contributed by atoms with van der Waals surface area (Å²) in [6.45, 7) is 9.70. The van der Waals surface area contributed by atoms with Gasteiger partial charge < -0.3 is 19.9 Å². The fourth-order valence-corrected chi connectivity index (χ4v) is 3.36. The molecule has 2 heterocycles. The van der Waals surface area contributed by atoms with Gasteiger partial charge in [-0.2, -0.15) is 0 Å². The van der Waals surface area contributed by atoms with Gasteiger partial charge >= 0.3 is 6.03 Å². The summed E-state index contributed by atoms with van der Waals surface area (Å²) in [6.07, 6.45) is 3.33. The van der Waals surface area contributed by atoms with E-state index in [9.17, 15) is 9.59 Å². The van der Waals surface area contributed by atoms with Crippen molar-refractivity contribution >= 4 is 11.9 Å². The fraction of sp³-hybridized carbons (Fsp3) is 0.875. The third kappa shape index (κ3) is 4.12. The van der Waals surface area contributed by atoms with Crippen LogP contribution in [0, 0.1) is 0 Å². The van der Waals surface area contributed by atoms with E-state index in [0.29, 0.717) is 13.1 Å². The predicted octanol–water partition coefficient (Wildman–Crippen LogP) is 1.59. The van der Waals surface area contributed by atoms with E-state index < -0.39 is 6.04 Å². The number of nitrogens with one attached hydrogen (secondary N) is 1. The largest absolute Gasteiger partial charge is 0.372 e. The molecule has 2 aliphatic heterocycles. The van der Waals surface area contributed by atoms with Gasteiger partial charge in [-0.1, -0.05) is 0 Å². The topological polar surface area (TPSA) is 61.9 Å². The number of carbonyl (C=O) groups excluding carboxylic acids is 2. The number of piperidine rings is 1. The molecule has 2 fully saturated rings. The number of urea groups is 1. The minimum Gasteiger partial charge on any atom is -0.372 e. The Morgan fingerprint density at radius 3 is 2.36 bits per heavy atom. The van der Waals surface area contributed by atoms with Gasteiger partial charge in [0.05, 0.1) is 12.2 Å². The summed E-state index contributed by atoms with van der Waals surface area (Å²) in [5.41, 5.74) is 0. The molecule has 1 N–H and O–H groups in total. The van der Waals surface area contributed by atoms with Crippen LogP contribution in [0.4, 0.5) is 4.79 Å². The maximum absolute atomic E-state index is 12.5. The van der Waals surface area contributed by atoms with Crippen LogP contribution in [-0.2, 0) is 9.53 Å². The molecule has 4 unspecified atom stereocenters. The second-order valence-corrected chi connectivity index (χ2v) is 6.71. The summed E-state index contributed by atoms with van der Waals surface area (Å²) in [5.74, 6) is 0.0231. The van der Waals surface area contributed by atoms with Crippen molar-refractivity contribution in [1.82, 2.24) is 15.1 Å². The molecule has 0 aliphatic carbocycles. The standard InChI is InChI=1S/C16H29N3O3/c1-11-7-5-6-8-19(11)15(20)14(4)17-16(21)18-9-12(2)22-13(3)10-18/h11-14H,5-10H2,1-4H3,(H,17,21). The van der Waals surface area contributed by atoms with Crippen molar-refractivity contribution in [2.24, 2.45) is 0 Å². The van der Waals surface area contributed by atoms with Crippen LogP contribution in [0.1, 0.15) is 47.0 Å². The Kier molecular flexibility index (Phi) is 5.67. The summed E-state index contributed by atoms with van der Waals surface area (Å²) in [6, 6.07) is -0.391. The zero-order valence-electron chi connectivity index (χ0n) is 14.2. The number of nitrogens with zero attached hydrogens (tertiary/aromatic N) is 2. The van der Waals surface area contributed by atoms with Crippen molar-refractivity contribution in [2.45, 2.75) is 71.2 Å². The van der Waals surface area contributed by atoms with Crippen molar-refractivity contribution in [3.63, 3.8) is 0 Å². The van der Waals surface area contributed by atoms with Crippen molar-refractivity contribution in [1.29, 1.82) is 0 Å². The number of ether oxygens (including phenoxy) is 1. The van der Waals surface area contributed by atoms with Crippen LogP contribution >= 0.6 is 0 Å². The molecule has 0 aromatic carbocycles. The van der Waals surface area contributed by atoms with Crippen molar-refractivity contribution in [3.05, 3.63) is 0 Å². The first kappa shape index (κ1) is 17.1. The number of morpholine rings is 1. The number of hydrogen-bond acceptors (Lipinski definition) is 3. The molecule has 0 saturated carbocycles. The minimum absolute atomic E-state index is 0.0231. The summed E-state index contributed by atoms with van der Waals surface area (Å²) in [4.78, 5) is 28.5. The molecular weight excluding hydrogens is 282 g/mol. The van der Waals surface area contributed by atoms with E-state index in [1.807, 2.05) is 18.7 Å². The van der Waals surface area contributed by atoms with Crippen LogP contribution in [0.15, 0.2) is 0 Å². The average molecular weight is 311 g/mol. The summed E-state index contributed by atoms with van der Waals surface area (Å²) in [7, 11) is 0. The highest BCUT2D eigenvalue weighted by Crippen LogP contribution is 2.17. The highest BCUT2D eigenvalue weighted by molar-refractivity contribution is 5.87. The number of rotatable bonds is 2. The SMILES string of the molecule is CC1CN(C(=O)NC(C)C(=O)N2CCCCC2C)CC(C)O1. The predicted molar refractivity (Wildman–Crippen MR) is 84.6 cm³/mol. The Morgan fingerprint density at radius 2 is 1.77 bits per heavy atom. The maximum atomic E-state index is 12.5. The molecule has 22 heavy (non-hydrogen) atoms. The van der Waals surface area contributed by atoms with Crippen LogP contribution < -0.4 is 5.32 Å². The Morgan fingerprint density at radius 1 is 1.14 bits per heavy atom. The van der Waals surface area contributed by atoms with Gasteiger partial charge in [-0.25, -0.2) is 4.79 Å². The molecule has 126 valence electrons. The summed E-state index contributed by atoms with van der Waals surface area (Å²) in [5, 5.41) is 2.85. The van der Waals surface area contributed by atoms with Crippen LogP contribution in [0.3, 0.4) is 0 Å². The molecule has 6 nitrogen and oxygen atoms in total. The van der Waals surface area contributed by atoms with E-state index in [0.717, 1.165) is 19.4 Å². The molecule has 0 aromatic rings. The van der Waals surface area contributed by atoms with Gasteiger partial charge in [0.25, 0.3) is 0 Å². The summed E-state index contributed by atoms with van der Waals surface area (Å²) < 4.78 is 5.63. The maximum Gasteiger partial charge on any atom is 0.318 e. The van der Waals surface area contributed by atoms with E-state index in [2.05, 4.69) is 12.2 Å². The van der Waals surface area contributed by atoms with E-state index >= 15 is 0 Å². The molecule has 3 amide bonds. The third-order valence-electron chi connectivity index (χ3n) is 4.50. The minimum atomic E-state index is -0.485. The lowest BCUT2D eigenvalue weighted by molar-refractivity contribution is -0.136. The second kappa shape index (κ2) is 7.31. The van der Waals surface area contributed by atoms with Gasteiger partial charge in [0.1, 0.15) is 6.04 Å². The Labute approximate surface area is 133 Å². The Hall–Kier alpha value is -1.30. The quantitative estimate of drug-likeness (QED) is 0.842. The number of amides is 3. The Bertz CT molecular complexity index is 405. The molecule has 4 atom stereocenters. The molecule has 0 aromatic heterocycles. The Balaban J connectivity index is 1.88. The van der Waals surface area contributed by atoms with Crippen LogP contribution in [-0.4, -0.2) is 65.7 Å². The highest BCUT2D eigenvalue weighted by Gasteiger charge is 2.31. The second-order valence-electron chi connectivity index (χ2n) is 6.71. The zero-order chi connectivity index (χ0) is 16.3. The molecule has 0 radical (unpaired) electrons. The lowest BCUT2D eigenvalue weighted by Gasteiger charge is -2.37. The number of carbonyl (C=O) groups is 2. The lowest BCUT2D eigenvalue weighted by Crippen LogP contribution is -2.57. The zero-order valence-corrected chi connectivity index (χ0v) is 14.2. The molecular formula is C16H29N3O3. The van der Waals surface area contributed by atoms with Gasteiger partial charge in [0.15, 0.2) is 0 Å². The molecule has 2 aliphatic rings. The number of hydrogen-bond donors (Lipinski definition) is 1. The van der Waals surface area contributed by atoms with E-state index in [1.165, 1.54) is 6.42 Å². The van der Waals surface area contributed by atoms with E-state index in [4.69, 9.17) is 4.74 Å². The van der Waals surface area contributed by atoms with E-state index in [-0.39, 0.29) is 30.2 Å². The molecule has 0 spiro atoms. The monoisotopic (exact) mass is 311 g/mol. The van der Waals surface area contributed by atoms with Gasteiger partial charge in [-0.05, 0) is 47.0 Å². The van der Waals surface area contributed by atoms with Crippen LogP contribution in [0.5, 0.6) is 0 Å². The van der Waals surface area contributed by atoms with Crippen LogP contribution in [0.2, 0.25) is 0 Å². The molecule has 2 saturated heterocycles. The fourth-order valence-electron chi connectivity index (χ4n) is 3.36. The van der Waals surface area contributed by atoms with Crippen molar-refractivity contribution in [3.8, 4) is 0 Å². The first-order chi connectivity index (χ1) is 10.4. The lowest BCUT2D eigenvalue weighted by atomic mass is 10.0. The van der Waals surface area contributed by atoms with Crippen LogP contribution in [0.25, 0.3) is 0 Å². The van der Waals surface area contributed by atoms with Crippen molar-refractivity contribution < 1.29 is 14.3 Å². The van der Waals surface area contributed by atoms with Gasteiger partial charge in [-0.15, -0.1) is 0 Å². The smallest absolute Gasteiger partial charge is 0.318 e. The molecule has 0 bridgehead atoms. The summed E-state index contributed by atoms with van der Waals surface area (Å²) >= 11 is 0. The van der Waals surface area contributed by atoms with Gasteiger partial charge in [-0.3, -0.25) is 4.79 Å². The first-order valence-corrected chi connectivity index (χ1v) is 8.40. The van der Waals surface area contributed by atoms with E-state index in [1.54, 1.807) is 11.8 Å². The van der Waals surface area contributed by atoms with Crippen molar-refractivity contribution in [2.75, 3.05) is 19.6 Å². The first-order valence-electron chi connectivity index (χ1n) is 8.40. The third-order valence-corrected chi connectivity index (χ3v) is 4.50. The van der Waals surface area contributed by atoms with Gasteiger partial charge in [0.2, 0.25) is 5.91 Å². The highest BCUT2D eigenvalue weighted by atomic mass is 16.5. The average Bonchev–Trinajstić information content (AvgIpc) is 2.46. The molecule has 6 heteroatoms.